The molecule has 0 radical (unpaired) electrons. The Morgan fingerprint density at radius 1 is 1.59 bits per heavy atom. The van der Waals surface area contributed by atoms with E-state index in [1.807, 2.05) is 0 Å². The Bertz CT molecular complexity index is 468. The Labute approximate surface area is 113 Å². The minimum Gasteiger partial charge on any atom is -0.466 e. The predicted octanol–water partition coefficient (Wildman–Crippen LogP) is 3.21. The molecule has 17 heavy (non-hydrogen) atoms. The van der Waals surface area contributed by atoms with E-state index >= 15 is 0 Å². The van der Waals surface area contributed by atoms with Crippen LogP contribution in [-0.2, 0) is 21.3 Å². The molecule has 0 saturated heterocycles. The molecule has 0 aromatic heterocycles. The second-order valence-electron chi connectivity index (χ2n) is 3.29. The summed E-state index contributed by atoms with van der Waals surface area (Å²) in [6.07, 6.45) is 0.0912. The topological polar surface area (TPSA) is 50.1 Å². The number of nitriles is 1. The highest BCUT2D eigenvalue weighted by molar-refractivity contribution is 9.08. The number of hydrogen-bond donors (Lipinski definition) is 0. The average molecular weight is 317 g/mol. The highest BCUT2D eigenvalue weighted by Gasteiger charge is 2.14. The molecule has 0 aliphatic rings. The number of esters is 1. The van der Waals surface area contributed by atoms with Gasteiger partial charge in [0.05, 0.1) is 24.7 Å². The maximum atomic E-state index is 11.4. The molecule has 3 nitrogen and oxygen atoms in total. The molecule has 0 heterocycles. The van der Waals surface area contributed by atoms with Gasteiger partial charge in [0, 0.05) is 10.4 Å². The van der Waals surface area contributed by atoms with Crippen molar-refractivity contribution in [2.45, 2.75) is 18.7 Å². The summed E-state index contributed by atoms with van der Waals surface area (Å²) >= 11 is 9.26. The zero-order valence-corrected chi connectivity index (χ0v) is 11.6. The number of ether oxygens (including phenoxy) is 1. The number of halogens is 2. The SMILES string of the molecule is CCOC(=O)Cc1ccc(Cl)c(CBr)c1C#N. The first kappa shape index (κ1) is 14.0. The predicted molar refractivity (Wildman–Crippen MR) is 69.1 cm³/mol. The Morgan fingerprint density at radius 2 is 2.29 bits per heavy atom. The van der Waals surface area contributed by atoms with Gasteiger partial charge in [-0.25, -0.2) is 0 Å². The Balaban J connectivity index is 3.09. The lowest BCUT2D eigenvalue weighted by Crippen LogP contribution is -2.09. The van der Waals surface area contributed by atoms with E-state index in [2.05, 4.69) is 22.0 Å². The van der Waals surface area contributed by atoms with Gasteiger partial charge in [-0.1, -0.05) is 33.6 Å². The fourth-order valence-electron chi connectivity index (χ4n) is 1.46. The molecule has 0 saturated carbocycles. The average Bonchev–Trinajstić information content (AvgIpc) is 2.31. The Kier molecular flexibility index (Phi) is 5.46. The molecular formula is C12H11BrClNO2. The van der Waals surface area contributed by atoms with E-state index in [1.54, 1.807) is 19.1 Å². The molecule has 0 spiro atoms. The number of benzene rings is 1. The molecule has 0 amide bonds. The third kappa shape index (κ3) is 3.45. The molecule has 1 aromatic carbocycles. The molecule has 0 N–H and O–H groups in total. The second kappa shape index (κ2) is 6.63. The third-order valence-electron chi connectivity index (χ3n) is 2.23. The molecule has 0 bridgehead atoms. The summed E-state index contributed by atoms with van der Waals surface area (Å²) in [5.74, 6) is -0.341. The maximum absolute atomic E-state index is 11.4. The lowest BCUT2D eigenvalue weighted by molar-refractivity contribution is -0.142. The van der Waals surface area contributed by atoms with Crippen LogP contribution in [-0.4, -0.2) is 12.6 Å². The van der Waals surface area contributed by atoms with Gasteiger partial charge in [-0.2, -0.15) is 5.26 Å². The van der Waals surface area contributed by atoms with Crippen LogP contribution in [0.1, 0.15) is 23.6 Å². The van der Waals surface area contributed by atoms with E-state index in [9.17, 15) is 4.79 Å². The molecule has 1 rings (SSSR count). The van der Waals surface area contributed by atoms with Crippen molar-refractivity contribution in [2.75, 3.05) is 6.61 Å². The highest BCUT2D eigenvalue weighted by Crippen LogP contribution is 2.25. The minimum atomic E-state index is -0.341. The van der Waals surface area contributed by atoms with Crippen molar-refractivity contribution in [3.63, 3.8) is 0 Å². The molecule has 0 atom stereocenters. The number of rotatable bonds is 4. The highest BCUT2D eigenvalue weighted by atomic mass is 79.9. The molecular weight excluding hydrogens is 305 g/mol. The first-order chi connectivity index (χ1) is 8.13. The summed E-state index contributed by atoms with van der Waals surface area (Å²) in [5.41, 5.74) is 1.79. The minimum absolute atomic E-state index is 0.0912. The number of carbonyl (C=O) groups excluding carboxylic acids is 1. The van der Waals surface area contributed by atoms with E-state index in [4.69, 9.17) is 21.6 Å². The summed E-state index contributed by atoms with van der Waals surface area (Å²) in [4.78, 5) is 11.4. The van der Waals surface area contributed by atoms with Crippen LogP contribution in [0.3, 0.4) is 0 Å². The molecule has 90 valence electrons. The summed E-state index contributed by atoms with van der Waals surface area (Å²) in [7, 11) is 0. The monoisotopic (exact) mass is 315 g/mol. The van der Waals surface area contributed by atoms with Gasteiger partial charge in [0.2, 0.25) is 0 Å². The molecule has 0 fully saturated rings. The Morgan fingerprint density at radius 3 is 2.82 bits per heavy atom. The van der Waals surface area contributed by atoms with Crippen LogP contribution < -0.4 is 0 Å². The first-order valence-corrected chi connectivity index (χ1v) is 6.55. The van der Waals surface area contributed by atoms with Crippen LogP contribution in [0.15, 0.2) is 12.1 Å². The van der Waals surface area contributed by atoms with E-state index in [0.29, 0.717) is 33.6 Å². The fourth-order valence-corrected chi connectivity index (χ4v) is 2.42. The van der Waals surface area contributed by atoms with Crippen molar-refractivity contribution in [3.8, 4) is 6.07 Å². The lowest BCUT2D eigenvalue weighted by Gasteiger charge is -2.09. The normalized spacial score (nSPS) is 9.76. The van der Waals surface area contributed by atoms with Crippen LogP contribution in [0, 0.1) is 11.3 Å². The van der Waals surface area contributed by atoms with Crippen molar-refractivity contribution >= 4 is 33.5 Å². The van der Waals surface area contributed by atoms with Crippen molar-refractivity contribution in [2.24, 2.45) is 0 Å². The van der Waals surface area contributed by atoms with Crippen molar-refractivity contribution < 1.29 is 9.53 Å². The standard InChI is InChI=1S/C12H11BrClNO2/c1-2-17-12(16)5-8-3-4-11(14)9(6-13)10(8)7-15/h3-4H,2,5-6H2,1H3. The van der Waals surface area contributed by atoms with Gasteiger partial charge in [-0.15, -0.1) is 0 Å². The Hall–Kier alpha value is -1.05. The maximum Gasteiger partial charge on any atom is 0.310 e. The summed E-state index contributed by atoms with van der Waals surface area (Å²) < 4.78 is 4.86. The van der Waals surface area contributed by atoms with Gasteiger partial charge >= 0.3 is 5.97 Å². The van der Waals surface area contributed by atoms with E-state index in [1.165, 1.54) is 0 Å². The number of alkyl halides is 1. The van der Waals surface area contributed by atoms with Gasteiger partial charge in [0.25, 0.3) is 0 Å². The second-order valence-corrected chi connectivity index (χ2v) is 4.26. The van der Waals surface area contributed by atoms with Gasteiger partial charge in [-0.3, -0.25) is 4.79 Å². The molecule has 5 heteroatoms. The van der Waals surface area contributed by atoms with Crippen LogP contribution in [0.5, 0.6) is 0 Å². The van der Waals surface area contributed by atoms with Gasteiger partial charge in [-0.05, 0) is 24.1 Å². The van der Waals surface area contributed by atoms with E-state index < -0.39 is 0 Å². The van der Waals surface area contributed by atoms with Gasteiger partial charge in [0.15, 0.2) is 0 Å². The van der Waals surface area contributed by atoms with Gasteiger partial charge < -0.3 is 4.74 Å². The number of hydrogen-bond acceptors (Lipinski definition) is 3. The summed E-state index contributed by atoms with van der Waals surface area (Å²) in [6.45, 7) is 2.08. The largest absolute Gasteiger partial charge is 0.466 e. The summed E-state index contributed by atoms with van der Waals surface area (Å²) in [6, 6.07) is 5.45. The smallest absolute Gasteiger partial charge is 0.310 e. The summed E-state index contributed by atoms with van der Waals surface area (Å²) in [5, 5.41) is 10.1. The first-order valence-electron chi connectivity index (χ1n) is 5.06. The van der Waals surface area contributed by atoms with Crippen molar-refractivity contribution in [1.82, 2.24) is 0 Å². The van der Waals surface area contributed by atoms with Crippen molar-refractivity contribution in [3.05, 3.63) is 33.8 Å². The van der Waals surface area contributed by atoms with Crippen LogP contribution in [0.4, 0.5) is 0 Å². The molecule has 1 aromatic rings. The third-order valence-corrected chi connectivity index (χ3v) is 3.14. The number of carbonyl (C=O) groups is 1. The van der Waals surface area contributed by atoms with Crippen molar-refractivity contribution in [1.29, 1.82) is 5.26 Å². The zero-order chi connectivity index (χ0) is 12.8. The quantitative estimate of drug-likeness (QED) is 0.633. The van der Waals surface area contributed by atoms with E-state index in [-0.39, 0.29) is 12.4 Å². The van der Waals surface area contributed by atoms with Crippen LogP contribution in [0.2, 0.25) is 5.02 Å². The lowest BCUT2D eigenvalue weighted by atomic mass is 10.0. The number of nitrogens with zero attached hydrogens (tertiary/aromatic N) is 1. The molecule has 0 aliphatic carbocycles. The van der Waals surface area contributed by atoms with Crippen LogP contribution in [0.25, 0.3) is 0 Å². The van der Waals surface area contributed by atoms with E-state index in [0.717, 1.165) is 0 Å². The van der Waals surface area contributed by atoms with Gasteiger partial charge in [0.1, 0.15) is 0 Å². The fraction of sp³-hybridized carbons (Fsp3) is 0.333. The molecule has 0 aliphatic heterocycles. The zero-order valence-electron chi connectivity index (χ0n) is 9.30. The molecule has 0 unspecified atom stereocenters. The van der Waals surface area contributed by atoms with Crippen LogP contribution >= 0.6 is 27.5 Å².